The van der Waals surface area contributed by atoms with E-state index in [1.165, 1.54) is 6.33 Å². The molecule has 0 saturated heterocycles. The van der Waals surface area contributed by atoms with Crippen LogP contribution in [0.5, 0.6) is 11.6 Å². The molecule has 0 bridgehead atoms. The van der Waals surface area contributed by atoms with Crippen LogP contribution in [0.3, 0.4) is 0 Å². The highest BCUT2D eigenvalue weighted by atomic mass is 16.6. The van der Waals surface area contributed by atoms with E-state index in [-0.39, 0.29) is 17.4 Å². The maximum Gasteiger partial charge on any atom is 0.373 e. The van der Waals surface area contributed by atoms with Crippen molar-refractivity contribution in [3.8, 4) is 11.6 Å². The maximum absolute atomic E-state index is 11.6. The lowest BCUT2D eigenvalue weighted by molar-refractivity contribution is -0.385. The van der Waals surface area contributed by atoms with Crippen molar-refractivity contribution in [3.05, 3.63) is 82.2 Å². The Bertz CT molecular complexity index is 928. The van der Waals surface area contributed by atoms with Crippen molar-refractivity contribution in [2.75, 3.05) is 11.9 Å². The van der Waals surface area contributed by atoms with Crippen LogP contribution in [-0.4, -0.2) is 21.4 Å². The van der Waals surface area contributed by atoms with Gasteiger partial charge in [-0.15, -0.1) is 0 Å². The molecule has 3 rings (SSSR count). The fourth-order valence-electron chi connectivity index (χ4n) is 2.73. The van der Waals surface area contributed by atoms with Gasteiger partial charge in [-0.1, -0.05) is 56.3 Å². The van der Waals surface area contributed by atoms with Crippen LogP contribution in [0, 0.1) is 10.1 Å². The second-order valence-corrected chi connectivity index (χ2v) is 6.62. The molecule has 1 aromatic heterocycles. The topological polar surface area (TPSA) is 90.2 Å². The highest BCUT2D eigenvalue weighted by Crippen LogP contribution is 2.34. The minimum Gasteiger partial charge on any atom is -0.434 e. The molecule has 0 saturated carbocycles. The number of hydrogen-bond donors (Lipinski definition) is 1. The summed E-state index contributed by atoms with van der Waals surface area (Å²) in [5, 5.41) is 14.6. The number of aromatic nitrogens is 2. The Labute approximate surface area is 163 Å². The van der Waals surface area contributed by atoms with Gasteiger partial charge in [0.25, 0.3) is 0 Å². The first-order valence-electron chi connectivity index (χ1n) is 9.09. The zero-order valence-corrected chi connectivity index (χ0v) is 15.8. The lowest BCUT2D eigenvalue weighted by atomic mass is 10.0. The molecule has 0 aliphatic rings. The summed E-state index contributed by atoms with van der Waals surface area (Å²) in [4.78, 5) is 19.1. The van der Waals surface area contributed by atoms with Gasteiger partial charge in [-0.3, -0.25) is 10.1 Å². The first-order valence-corrected chi connectivity index (χ1v) is 9.09. The SMILES string of the molecule is CC(C)c1ccc(Oc2ncnc(NCCc3ccccc3)c2[N+](=O)[O-])cc1. The van der Waals surface area contributed by atoms with E-state index in [1.807, 2.05) is 42.5 Å². The third kappa shape index (κ3) is 4.82. The van der Waals surface area contributed by atoms with E-state index >= 15 is 0 Å². The average Bonchev–Trinajstić information content (AvgIpc) is 2.69. The number of rotatable bonds is 8. The summed E-state index contributed by atoms with van der Waals surface area (Å²) in [7, 11) is 0. The summed E-state index contributed by atoms with van der Waals surface area (Å²) in [5.41, 5.74) is 2.02. The Kier molecular flexibility index (Phi) is 6.16. The maximum atomic E-state index is 11.6. The van der Waals surface area contributed by atoms with E-state index in [9.17, 15) is 10.1 Å². The predicted octanol–water partition coefficient (Wildman–Crippen LogP) is 4.96. The second-order valence-electron chi connectivity index (χ2n) is 6.62. The summed E-state index contributed by atoms with van der Waals surface area (Å²) >= 11 is 0. The number of ether oxygens (including phenoxy) is 1. The van der Waals surface area contributed by atoms with Gasteiger partial charge in [-0.25, -0.2) is 4.98 Å². The van der Waals surface area contributed by atoms with Crippen molar-refractivity contribution in [2.24, 2.45) is 0 Å². The summed E-state index contributed by atoms with van der Waals surface area (Å²) in [6.07, 6.45) is 1.98. The van der Waals surface area contributed by atoms with Gasteiger partial charge in [0.1, 0.15) is 12.1 Å². The molecule has 3 aromatic rings. The average molecular weight is 378 g/mol. The van der Waals surface area contributed by atoms with Gasteiger partial charge < -0.3 is 10.1 Å². The van der Waals surface area contributed by atoms with Gasteiger partial charge >= 0.3 is 11.6 Å². The minimum absolute atomic E-state index is 0.0838. The standard InChI is InChI=1S/C21H22N4O3/c1-15(2)17-8-10-18(11-9-17)28-21-19(25(26)27)20(23-14-24-21)22-13-12-16-6-4-3-5-7-16/h3-11,14-15H,12-13H2,1-2H3,(H,22,23,24). The van der Waals surface area contributed by atoms with Crippen molar-refractivity contribution in [3.63, 3.8) is 0 Å². The molecular weight excluding hydrogens is 356 g/mol. The number of nitrogens with one attached hydrogen (secondary N) is 1. The lowest BCUT2D eigenvalue weighted by Gasteiger charge is -2.10. The predicted molar refractivity (Wildman–Crippen MR) is 108 cm³/mol. The highest BCUT2D eigenvalue weighted by molar-refractivity contribution is 5.61. The Morgan fingerprint density at radius 2 is 1.79 bits per heavy atom. The molecule has 0 fully saturated rings. The van der Waals surface area contributed by atoms with Crippen molar-refractivity contribution in [1.82, 2.24) is 9.97 Å². The molecule has 7 nitrogen and oxygen atoms in total. The zero-order chi connectivity index (χ0) is 19.9. The molecule has 2 aromatic carbocycles. The number of nitro groups is 1. The van der Waals surface area contributed by atoms with Crippen LogP contribution in [0.4, 0.5) is 11.5 Å². The van der Waals surface area contributed by atoms with Crippen LogP contribution in [0.15, 0.2) is 60.9 Å². The molecule has 7 heteroatoms. The molecule has 0 unspecified atom stereocenters. The van der Waals surface area contributed by atoms with Crippen molar-refractivity contribution in [2.45, 2.75) is 26.2 Å². The van der Waals surface area contributed by atoms with Gasteiger partial charge in [0.2, 0.25) is 5.82 Å². The van der Waals surface area contributed by atoms with Gasteiger partial charge in [-0.05, 0) is 35.6 Å². The summed E-state index contributed by atoms with van der Waals surface area (Å²) in [6.45, 7) is 4.70. The fraction of sp³-hybridized carbons (Fsp3) is 0.238. The van der Waals surface area contributed by atoms with Crippen LogP contribution >= 0.6 is 0 Å². The van der Waals surface area contributed by atoms with Gasteiger partial charge in [0.15, 0.2) is 0 Å². The Morgan fingerprint density at radius 3 is 2.43 bits per heavy atom. The van der Waals surface area contributed by atoms with E-state index in [2.05, 4.69) is 29.1 Å². The molecule has 0 amide bonds. The highest BCUT2D eigenvalue weighted by Gasteiger charge is 2.24. The number of anilines is 1. The monoisotopic (exact) mass is 378 g/mol. The molecule has 0 radical (unpaired) electrons. The van der Waals surface area contributed by atoms with Gasteiger partial charge in [0, 0.05) is 6.54 Å². The third-order valence-corrected chi connectivity index (χ3v) is 4.28. The van der Waals surface area contributed by atoms with Crippen molar-refractivity contribution in [1.29, 1.82) is 0 Å². The lowest BCUT2D eigenvalue weighted by Crippen LogP contribution is -2.10. The molecule has 144 valence electrons. The van der Waals surface area contributed by atoms with Gasteiger partial charge in [0.05, 0.1) is 4.92 Å². The number of nitrogens with zero attached hydrogens (tertiary/aromatic N) is 3. The number of hydrogen-bond acceptors (Lipinski definition) is 6. The first kappa shape index (κ1) is 19.3. The van der Waals surface area contributed by atoms with E-state index in [4.69, 9.17) is 4.74 Å². The van der Waals surface area contributed by atoms with Gasteiger partial charge in [-0.2, -0.15) is 4.98 Å². The molecule has 1 N–H and O–H groups in total. The molecule has 28 heavy (non-hydrogen) atoms. The quantitative estimate of drug-likeness (QED) is 0.440. The third-order valence-electron chi connectivity index (χ3n) is 4.28. The van der Waals surface area contributed by atoms with E-state index in [0.29, 0.717) is 18.2 Å². The van der Waals surface area contributed by atoms with Crippen molar-refractivity contribution >= 4 is 11.5 Å². The molecular formula is C21H22N4O3. The zero-order valence-electron chi connectivity index (χ0n) is 15.8. The smallest absolute Gasteiger partial charge is 0.373 e. The van der Waals surface area contributed by atoms with Crippen LogP contribution in [-0.2, 0) is 6.42 Å². The fourth-order valence-corrected chi connectivity index (χ4v) is 2.73. The Balaban J connectivity index is 1.76. The van der Waals surface area contributed by atoms with E-state index < -0.39 is 4.92 Å². The molecule has 0 aliphatic heterocycles. The van der Waals surface area contributed by atoms with Crippen molar-refractivity contribution < 1.29 is 9.66 Å². The molecule has 0 aliphatic carbocycles. The van der Waals surface area contributed by atoms with Crippen LogP contribution in [0.1, 0.15) is 30.9 Å². The summed E-state index contributed by atoms with van der Waals surface area (Å²) < 4.78 is 5.68. The Morgan fingerprint density at radius 1 is 1.07 bits per heavy atom. The minimum atomic E-state index is -0.525. The molecule has 1 heterocycles. The normalized spacial score (nSPS) is 10.7. The first-order chi connectivity index (χ1) is 13.5. The Hall–Kier alpha value is -3.48. The van der Waals surface area contributed by atoms with E-state index in [1.54, 1.807) is 12.1 Å². The number of benzene rings is 2. The summed E-state index contributed by atoms with van der Waals surface area (Å²) in [5.74, 6) is 0.938. The second kappa shape index (κ2) is 8.94. The van der Waals surface area contributed by atoms with E-state index in [0.717, 1.165) is 17.5 Å². The largest absolute Gasteiger partial charge is 0.434 e. The molecule has 0 atom stereocenters. The van der Waals surface area contributed by atoms with Crippen LogP contribution in [0.2, 0.25) is 0 Å². The summed E-state index contributed by atoms with van der Waals surface area (Å²) in [6, 6.07) is 17.3. The van der Waals surface area contributed by atoms with Crippen LogP contribution < -0.4 is 10.1 Å². The molecule has 0 spiro atoms. The van der Waals surface area contributed by atoms with Crippen LogP contribution in [0.25, 0.3) is 0 Å².